The highest BCUT2D eigenvalue weighted by atomic mass is 79.9. The van der Waals surface area contributed by atoms with Crippen LogP contribution in [0.3, 0.4) is 0 Å². The second-order valence-electron chi connectivity index (χ2n) is 4.14. The number of halogens is 2. The van der Waals surface area contributed by atoms with E-state index in [1.54, 1.807) is 12.1 Å². The van der Waals surface area contributed by atoms with Gasteiger partial charge in [0.15, 0.2) is 10.4 Å². The van der Waals surface area contributed by atoms with Crippen LogP contribution in [0, 0.1) is 5.92 Å². The predicted molar refractivity (Wildman–Crippen MR) is 73.4 cm³/mol. The molecule has 0 saturated heterocycles. The Morgan fingerprint density at radius 1 is 1.53 bits per heavy atom. The van der Waals surface area contributed by atoms with Crippen molar-refractivity contribution in [3.8, 4) is 0 Å². The molecule has 1 aromatic rings. The van der Waals surface area contributed by atoms with Gasteiger partial charge in [-0.2, -0.15) is 0 Å². The summed E-state index contributed by atoms with van der Waals surface area (Å²) in [5.41, 5.74) is 5.60. The van der Waals surface area contributed by atoms with Crippen molar-refractivity contribution >= 4 is 34.2 Å². The van der Waals surface area contributed by atoms with E-state index in [0.717, 1.165) is 6.42 Å². The van der Waals surface area contributed by atoms with Gasteiger partial charge in [-0.3, -0.25) is 4.79 Å². The number of nitrogens with one attached hydrogen (secondary N) is 1. The third-order valence-corrected chi connectivity index (χ3v) is 2.60. The molecule has 17 heavy (non-hydrogen) atoms. The number of hydrogen-bond donors (Lipinski definition) is 2. The molecule has 0 saturated carbocycles. The zero-order chi connectivity index (χ0) is 12.1. The summed E-state index contributed by atoms with van der Waals surface area (Å²) < 4.78 is 5.71. The molecule has 0 fully saturated rings. The summed E-state index contributed by atoms with van der Waals surface area (Å²) in [4.78, 5) is 11.7. The summed E-state index contributed by atoms with van der Waals surface area (Å²) in [6.07, 6.45) is 0.865. The van der Waals surface area contributed by atoms with E-state index in [0.29, 0.717) is 22.9 Å². The molecule has 98 valence electrons. The minimum atomic E-state index is -0.221. The van der Waals surface area contributed by atoms with Crippen LogP contribution in [0.1, 0.15) is 30.8 Å². The van der Waals surface area contributed by atoms with Crippen molar-refractivity contribution in [2.24, 2.45) is 11.7 Å². The largest absolute Gasteiger partial charge is 0.444 e. The van der Waals surface area contributed by atoms with Crippen molar-refractivity contribution in [3.63, 3.8) is 0 Å². The number of hydrogen-bond acceptors (Lipinski definition) is 3. The normalized spacial score (nSPS) is 12.1. The van der Waals surface area contributed by atoms with Crippen LogP contribution in [0.25, 0.3) is 0 Å². The van der Waals surface area contributed by atoms with Gasteiger partial charge >= 0.3 is 0 Å². The fourth-order valence-corrected chi connectivity index (χ4v) is 1.78. The molecule has 1 unspecified atom stereocenters. The molecule has 0 aliphatic heterocycles. The molecule has 1 atom stereocenters. The van der Waals surface area contributed by atoms with Crippen LogP contribution in [-0.4, -0.2) is 18.5 Å². The SMILES string of the molecule is CC(C)CC(CN)NC(=O)c1ccc(Br)o1.Cl. The number of rotatable bonds is 5. The molecule has 1 aromatic heterocycles. The lowest BCUT2D eigenvalue weighted by Gasteiger charge is -2.17. The fourth-order valence-electron chi connectivity index (χ4n) is 1.48. The second-order valence-corrected chi connectivity index (χ2v) is 4.92. The zero-order valence-corrected chi connectivity index (χ0v) is 12.3. The van der Waals surface area contributed by atoms with Gasteiger partial charge in [-0.05, 0) is 40.4 Å². The molecule has 0 bridgehead atoms. The van der Waals surface area contributed by atoms with E-state index in [1.165, 1.54) is 0 Å². The smallest absolute Gasteiger partial charge is 0.287 e. The van der Waals surface area contributed by atoms with E-state index in [-0.39, 0.29) is 24.4 Å². The molecule has 4 nitrogen and oxygen atoms in total. The Balaban J connectivity index is 0.00000256. The Hall–Kier alpha value is -0.520. The van der Waals surface area contributed by atoms with Crippen molar-refractivity contribution < 1.29 is 9.21 Å². The molecule has 0 aliphatic rings. The van der Waals surface area contributed by atoms with Crippen LogP contribution in [0.4, 0.5) is 0 Å². The average molecular weight is 326 g/mol. The molecule has 3 N–H and O–H groups in total. The van der Waals surface area contributed by atoms with Gasteiger partial charge in [0.1, 0.15) is 0 Å². The summed E-state index contributed by atoms with van der Waals surface area (Å²) in [7, 11) is 0. The first-order chi connectivity index (χ1) is 7.52. The first kappa shape index (κ1) is 16.5. The van der Waals surface area contributed by atoms with E-state index < -0.39 is 0 Å². The quantitative estimate of drug-likeness (QED) is 0.874. The maximum absolute atomic E-state index is 11.7. The highest BCUT2D eigenvalue weighted by Gasteiger charge is 2.16. The van der Waals surface area contributed by atoms with Crippen LogP contribution >= 0.6 is 28.3 Å². The second kappa shape index (κ2) is 7.74. The van der Waals surface area contributed by atoms with E-state index in [2.05, 4.69) is 35.1 Å². The van der Waals surface area contributed by atoms with Gasteiger partial charge in [0.2, 0.25) is 0 Å². The lowest BCUT2D eigenvalue weighted by Crippen LogP contribution is -2.40. The monoisotopic (exact) mass is 324 g/mol. The van der Waals surface area contributed by atoms with Crippen LogP contribution in [-0.2, 0) is 0 Å². The maximum Gasteiger partial charge on any atom is 0.287 e. The van der Waals surface area contributed by atoms with E-state index >= 15 is 0 Å². The fraction of sp³-hybridized carbons (Fsp3) is 0.545. The number of carbonyl (C=O) groups excluding carboxylic acids is 1. The van der Waals surface area contributed by atoms with Crippen LogP contribution in [0.15, 0.2) is 21.2 Å². The molecule has 0 spiro atoms. The molecule has 0 aliphatic carbocycles. The van der Waals surface area contributed by atoms with Crippen molar-refractivity contribution in [3.05, 3.63) is 22.6 Å². The summed E-state index contributed by atoms with van der Waals surface area (Å²) in [5.74, 6) is 0.577. The highest BCUT2D eigenvalue weighted by Crippen LogP contribution is 2.14. The number of amides is 1. The lowest BCUT2D eigenvalue weighted by molar-refractivity contribution is 0.0904. The van der Waals surface area contributed by atoms with Crippen LogP contribution < -0.4 is 11.1 Å². The Bertz CT molecular complexity index is 355. The maximum atomic E-state index is 11.7. The minimum Gasteiger partial charge on any atom is -0.444 e. The summed E-state index contributed by atoms with van der Waals surface area (Å²) >= 11 is 3.15. The molecular formula is C11H18BrClN2O2. The predicted octanol–water partition coefficient (Wildman–Crippen LogP) is 2.57. The van der Waals surface area contributed by atoms with E-state index in [9.17, 15) is 4.79 Å². The summed E-state index contributed by atoms with van der Waals surface area (Å²) in [6, 6.07) is 3.31. The molecule has 1 rings (SSSR count). The summed E-state index contributed by atoms with van der Waals surface area (Å²) in [6.45, 7) is 4.63. The number of carbonyl (C=O) groups is 1. The van der Waals surface area contributed by atoms with Gasteiger partial charge in [-0.15, -0.1) is 12.4 Å². The third-order valence-electron chi connectivity index (χ3n) is 2.17. The zero-order valence-electron chi connectivity index (χ0n) is 9.90. The van der Waals surface area contributed by atoms with E-state index in [1.807, 2.05) is 0 Å². The number of furan rings is 1. The molecule has 0 radical (unpaired) electrons. The third kappa shape index (κ3) is 5.57. The first-order valence-electron chi connectivity index (χ1n) is 5.29. The van der Waals surface area contributed by atoms with Crippen molar-refractivity contribution in [1.82, 2.24) is 5.32 Å². The molecule has 1 heterocycles. The molecule has 6 heteroatoms. The Labute approximate surface area is 116 Å². The van der Waals surface area contributed by atoms with Gasteiger partial charge in [0.25, 0.3) is 5.91 Å². The van der Waals surface area contributed by atoms with Gasteiger partial charge in [0, 0.05) is 12.6 Å². The first-order valence-corrected chi connectivity index (χ1v) is 6.08. The van der Waals surface area contributed by atoms with Gasteiger partial charge in [0.05, 0.1) is 0 Å². The Morgan fingerprint density at radius 2 is 2.18 bits per heavy atom. The average Bonchev–Trinajstić information content (AvgIpc) is 2.63. The Morgan fingerprint density at radius 3 is 2.59 bits per heavy atom. The topological polar surface area (TPSA) is 68.3 Å². The Kier molecular flexibility index (Phi) is 7.50. The highest BCUT2D eigenvalue weighted by molar-refractivity contribution is 9.10. The van der Waals surface area contributed by atoms with E-state index in [4.69, 9.17) is 10.2 Å². The van der Waals surface area contributed by atoms with Gasteiger partial charge in [-0.1, -0.05) is 13.8 Å². The molecule has 1 amide bonds. The summed E-state index contributed by atoms with van der Waals surface area (Å²) in [5, 5.41) is 2.85. The number of nitrogens with two attached hydrogens (primary N) is 1. The van der Waals surface area contributed by atoms with Gasteiger partial charge in [-0.25, -0.2) is 0 Å². The van der Waals surface area contributed by atoms with Crippen molar-refractivity contribution in [2.45, 2.75) is 26.3 Å². The standard InChI is InChI=1S/C11H17BrN2O2.ClH/c1-7(2)5-8(6-13)14-11(15)9-3-4-10(12)16-9;/h3-4,7-8H,5-6,13H2,1-2H3,(H,14,15);1H. The minimum absolute atomic E-state index is 0. The van der Waals surface area contributed by atoms with Crippen LogP contribution in [0.2, 0.25) is 0 Å². The lowest BCUT2D eigenvalue weighted by atomic mass is 10.0. The molecule has 0 aromatic carbocycles. The molecular weight excluding hydrogens is 307 g/mol. The van der Waals surface area contributed by atoms with Gasteiger partial charge < -0.3 is 15.5 Å². The van der Waals surface area contributed by atoms with Crippen molar-refractivity contribution in [1.29, 1.82) is 0 Å². The van der Waals surface area contributed by atoms with Crippen molar-refractivity contribution in [2.75, 3.05) is 6.54 Å². The van der Waals surface area contributed by atoms with Crippen LogP contribution in [0.5, 0.6) is 0 Å².